The van der Waals surface area contributed by atoms with Gasteiger partial charge in [-0.3, -0.25) is 0 Å². The molecular weight excluding hydrogens is 453 g/mol. The standard InChI is InChI=1S/C27H38FNO6/c28-11-12-30-13-14-31-15-16-32-17-18-33-19-20-34-21-22-35-27-9-7-25(8-10-27)2-1-24-3-5-26(23-29)6-4-24/h1-10H,11-23,29H2. The van der Waals surface area contributed by atoms with Gasteiger partial charge in [-0.1, -0.05) is 48.6 Å². The Bertz CT molecular complexity index is 785. The smallest absolute Gasteiger partial charge is 0.119 e. The predicted molar refractivity (Wildman–Crippen MR) is 135 cm³/mol. The molecule has 2 aromatic rings. The molecule has 0 aliphatic heterocycles. The summed E-state index contributed by atoms with van der Waals surface area (Å²) in [6.45, 7) is 4.97. The van der Waals surface area contributed by atoms with Gasteiger partial charge >= 0.3 is 0 Å². The summed E-state index contributed by atoms with van der Waals surface area (Å²) in [7, 11) is 0. The third-order valence-corrected chi connectivity index (χ3v) is 4.77. The largest absolute Gasteiger partial charge is 0.491 e. The molecular formula is C27H38FNO6. The predicted octanol–water partition coefficient (Wildman–Crippen LogP) is 3.75. The second-order valence-electron chi connectivity index (χ2n) is 7.45. The van der Waals surface area contributed by atoms with Gasteiger partial charge in [-0.2, -0.15) is 0 Å². The van der Waals surface area contributed by atoms with Crippen LogP contribution < -0.4 is 10.5 Å². The quantitative estimate of drug-likeness (QED) is 0.210. The van der Waals surface area contributed by atoms with Gasteiger partial charge in [-0.05, 0) is 28.8 Å². The van der Waals surface area contributed by atoms with Gasteiger partial charge in [-0.25, -0.2) is 4.39 Å². The molecule has 0 spiro atoms. The maximum absolute atomic E-state index is 11.8. The minimum absolute atomic E-state index is 0.118. The molecule has 0 aromatic heterocycles. The van der Waals surface area contributed by atoms with Gasteiger partial charge in [-0.15, -0.1) is 0 Å². The van der Waals surface area contributed by atoms with Crippen molar-refractivity contribution in [2.24, 2.45) is 5.73 Å². The van der Waals surface area contributed by atoms with Crippen LogP contribution in [0.1, 0.15) is 16.7 Å². The van der Waals surface area contributed by atoms with E-state index in [1.165, 1.54) is 0 Å². The highest BCUT2D eigenvalue weighted by atomic mass is 19.1. The second-order valence-corrected chi connectivity index (χ2v) is 7.45. The fraction of sp³-hybridized carbons (Fsp3) is 0.481. The van der Waals surface area contributed by atoms with Crippen LogP contribution >= 0.6 is 0 Å². The first-order valence-corrected chi connectivity index (χ1v) is 12.0. The van der Waals surface area contributed by atoms with E-state index in [-0.39, 0.29) is 6.61 Å². The van der Waals surface area contributed by atoms with Gasteiger partial charge in [0.25, 0.3) is 0 Å². The van der Waals surface area contributed by atoms with Crippen molar-refractivity contribution in [3.05, 3.63) is 65.2 Å². The molecule has 0 aliphatic rings. The van der Waals surface area contributed by atoms with E-state index in [2.05, 4.69) is 24.3 Å². The molecule has 0 unspecified atom stereocenters. The van der Waals surface area contributed by atoms with Crippen molar-refractivity contribution in [2.45, 2.75) is 6.54 Å². The number of rotatable bonds is 21. The molecule has 0 saturated carbocycles. The zero-order chi connectivity index (χ0) is 24.8. The first-order chi connectivity index (χ1) is 17.3. The maximum Gasteiger partial charge on any atom is 0.119 e. The van der Waals surface area contributed by atoms with Gasteiger partial charge in [0.05, 0.1) is 66.1 Å². The third kappa shape index (κ3) is 14.6. The second kappa shape index (κ2) is 19.9. The minimum atomic E-state index is -0.470. The van der Waals surface area contributed by atoms with Crippen LogP contribution in [0.25, 0.3) is 12.2 Å². The number of alkyl halides is 1. The normalized spacial score (nSPS) is 11.4. The number of benzene rings is 2. The lowest BCUT2D eigenvalue weighted by molar-refractivity contribution is -0.0133. The highest BCUT2D eigenvalue weighted by Gasteiger charge is 1.97. The first-order valence-electron chi connectivity index (χ1n) is 12.0. The Morgan fingerprint density at radius 3 is 1.37 bits per heavy atom. The Morgan fingerprint density at radius 1 is 0.543 bits per heavy atom. The van der Waals surface area contributed by atoms with Crippen LogP contribution in [0, 0.1) is 0 Å². The SMILES string of the molecule is NCc1ccc(C=Cc2ccc(OCCOCCOCCOCCOCCOCCF)cc2)cc1. The van der Waals surface area contributed by atoms with Crippen molar-refractivity contribution in [1.29, 1.82) is 0 Å². The van der Waals surface area contributed by atoms with Crippen molar-refractivity contribution in [3.8, 4) is 5.75 Å². The third-order valence-electron chi connectivity index (χ3n) is 4.77. The summed E-state index contributed by atoms with van der Waals surface area (Å²) < 4.78 is 44.1. The maximum atomic E-state index is 11.8. The van der Waals surface area contributed by atoms with Gasteiger partial charge in [0.15, 0.2) is 0 Å². The van der Waals surface area contributed by atoms with Crippen LogP contribution in [-0.4, -0.2) is 79.4 Å². The van der Waals surface area contributed by atoms with Crippen LogP contribution in [0.2, 0.25) is 0 Å². The molecule has 0 heterocycles. The van der Waals surface area contributed by atoms with Gasteiger partial charge < -0.3 is 34.2 Å². The Balaban J connectivity index is 1.40. The van der Waals surface area contributed by atoms with E-state index >= 15 is 0 Å². The average molecular weight is 492 g/mol. The molecule has 0 aliphatic carbocycles. The van der Waals surface area contributed by atoms with Crippen molar-refractivity contribution < 1.29 is 32.8 Å². The summed E-state index contributed by atoms with van der Waals surface area (Å²) >= 11 is 0. The number of hydrogen-bond donors (Lipinski definition) is 1. The number of ether oxygens (including phenoxy) is 6. The minimum Gasteiger partial charge on any atom is -0.491 e. The first kappa shape index (κ1) is 28.9. The number of nitrogens with two attached hydrogens (primary N) is 1. The van der Waals surface area contributed by atoms with E-state index in [1.807, 2.05) is 36.4 Å². The lowest BCUT2D eigenvalue weighted by atomic mass is 10.1. The molecule has 0 saturated heterocycles. The summed E-state index contributed by atoms with van der Waals surface area (Å²) in [6, 6.07) is 16.1. The van der Waals surface area contributed by atoms with Crippen LogP contribution in [0.3, 0.4) is 0 Å². The molecule has 2 aromatic carbocycles. The zero-order valence-electron chi connectivity index (χ0n) is 20.4. The Hall–Kier alpha value is -2.33. The lowest BCUT2D eigenvalue weighted by Gasteiger charge is -2.09. The summed E-state index contributed by atoms with van der Waals surface area (Å²) in [6.07, 6.45) is 4.14. The fourth-order valence-corrected chi connectivity index (χ4v) is 2.89. The summed E-state index contributed by atoms with van der Waals surface area (Å²) in [5, 5.41) is 0. The van der Waals surface area contributed by atoms with Crippen LogP contribution in [0.15, 0.2) is 48.5 Å². The summed E-state index contributed by atoms with van der Waals surface area (Å²) in [5.74, 6) is 0.808. The van der Waals surface area contributed by atoms with Crippen molar-refractivity contribution >= 4 is 12.2 Å². The van der Waals surface area contributed by atoms with E-state index in [4.69, 9.17) is 34.2 Å². The molecule has 194 valence electrons. The summed E-state index contributed by atoms with van der Waals surface area (Å²) in [4.78, 5) is 0. The van der Waals surface area contributed by atoms with E-state index in [0.717, 1.165) is 22.4 Å². The summed E-state index contributed by atoms with van der Waals surface area (Å²) in [5.41, 5.74) is 8.99. The molecule has 7 nitrogen and oxygen atoms in total. The zero-order valence-corrected chi connectivity index (χ0v) is 20.4. The van der Waals surface area contributed by atoms with E-state index in [9.17, 15) is 4.39 Å². The van der Waals surface area contributed by atoms with Gasteiger partial charge in [0.2, 0.25) is 0 Å². The molecule has 0 atom stereocenters. The molecule has 0 amide bonds. The van der Waals surface area contributed by atoms with Crippen LogP contribution in [0.5, 0.6) is 5.75 Å². The molecule has 8 heteroatoms. The molecule has 2 N–H and O–H groups in total. The molecule has 0 fully saturated rings. The Labute approximate surface area is 207 Å². The van der Waals surface area contributed by atoms with Crippen molar-refractivity contribution in [3.63, 3.8) is 0 Å². The molecule has 2 rings (SSSR count). The average Bonchev–Trinajstić information content (AvgIpc) is 2.90. The van der Waals surface area contributed by atoms with Crippen LogP contribution in [-0.2, 0) is 30.2 Å². The van der Waals surface area contributed by atoms with E-state index in [1.54, 1.807) is 0 Å². The fourth-order valence-electron chi connectivity index (χ4n) is 2.89. The highest BCUT2D eigenvalue weighted by Crippen LogP contribution is 2.15. The molecule has 0 bridgehead atoms. The highest BCUT2D eigenvalue weighted by molar-refractivity contribution is 5.69. The van der Waals surface area contributed by atoms with Gasteiger partial charge in [0, 0.05) is 6.54 Å². The molecule has 35 heavy (non-hydrogen) atoms. The lowest BCUT2D eigenvalue weighted by Crippen LogP contribution is -2.14. The van der Waals surface area contributed by atoms with Crippen molar-refractivity contribution in [2.75, 3.05) is 79.4 Å². The van der Waals surface area contributed by atoms with Crippen LogP contribution in [0.4, 0.5) is 4.39 Å². The Morgan fingerprint density at radius 2 is 0.943 bits per heavy atom. The number of halogens is 1. The Kier molecular flexibility index (Phi) is 16.5. The van der Waals surface area contributed by atoms with E-state index < -0.39 is 6.67 Å². The topological polar surface area (TPSA) is 81.4 Å². The van der Waals surface area contributed by atoms with Gasteiger partial charge in [0.1, 0.15) is 19.0 Å². The monoisotopic (exact) mass is 491 g/mol. The van der Waals surface area contributed by atoms with E-state index in [0.29, 0.717) is 72.6 Å². The van der Waals surface area contributed by atoms with Crippen molar-refractivity contribution in [1.82, 2.24) is 0 Å². The number of hydrogen-bond acceptors (Lipinski definition) is 7. The molecule has 0 radical (unpaired) electrons.